The molecule has 146 valence electrons. The van der Waals surface area contributed by atoms with Gasteiger partial charge in [0.05, 0.1) is 12.7 Å². The van der Waals surface area contributed by atoms with Crippen LogP contribution in [0.25, 0.3) is 0 Å². The third-order valence-corrected chi connectivity index (χ3v) is 5.03. The maximum atomic E-state index is 14.5. The molecular formula is C21H33FN2O2. The minimum atomic E-state index is -0.525. The number of hydrogen-bond acceptors (Lipinski definition) is 3. The van der Waals surface area contributed by atoms with Crippen LogP contribution in [-0.4, -0.2) is 41.6 Å². The predicted molar refractivity (Wildman–Crippen MR) is 103 cm³/mol. The van der Waals surface area contributed by atoms with Crippen LogP contribution in [0.3, 0.4) is 0 Å². The Hall–Kier alpha value is -1.62. The first-order chi connectivity index (χ1) is 12.1. The Morgan fingerprint density at radius 2 is 1.88 bits per heavy atom. The molecule has 1 saturated heterocycles. The van der Waals surface area contributed by atoms with Crippen molar-refractivity contribution in [3.63, 3.8) is 0 Å². The summed E-state index contributed by atoms with van der Waals surface area (Å²) < 4.78 is 19.6. The van der Waals surface area contributed by atoms with Gasteiger partial charge >= 0.3 is 0 Å². The van der Waals surface area contributed by atoms with Gasteiger partial charge in [-0.3, -0.25) is 4.79 Å². The highest BCUT2D eigenvalue weighted by Crippen LogP contribution is 2.33. The zero-order valence-electron chi connectivity index (χ0n) is 17.0. The number of carbonyl (C=O) groups excluding carboxylic acids is 1. The molecule has 26 heavy (non-hydrogen) atoms. The van der Waals surface area contributed by atoms with Crippen LogP contribution in [0.2, 0.25) is 0 Å². The number of benzene rings is 1. The summed E-state index contributed by atoms with van der Waals surface area (Å²) in [6, 6.07) is 4.54. The van der Waals surface area contributed by atoms with Crippen LogP contribution in [0.5, 0.6) is 5.75 Å². The number of nitrogens with one attached hydrogen (secondary N) is 1. The molecule has 0 spiro atoms. The van der Waals surface area contributed by atoms with Crippen LogP contribution in [-0.2, 0) is 0 Å². The van der Waals surface area contributed by atoms with Crippen molar-refractivity contribution < 1.29 is 13.9 Å². The number of methoxy groups -OCH3 is 1. The van der Waals surface area contributed by atoms with Crippen molar-refractivity contribution in [2.24, 2.45) is 0 Å². The first kappa shape index (κ1) is 20.7. The summed E-state index contributed by atoms with van der Waals surface area (Å²) >= 11 is 0. The predicted octanol–water partition coefficient (Wildman–Crippen LogP) is 4.39. The fraction of sp³-hybridized carbons (Fsp3) is 0.667. The lowest BCUT2D eigenvalue weighted by molar-refractivity contribution is 0.0438. The summed E-state index contributed by atoms with van der Waals surface area (Å²) in [7, 11) is 1.49. The van der Waals surface area contributed by atoms with Crippen LogP contribution < -0.4 is 10.1 Å². The van der Waals surface area contributed by atoms with Crippen molar-refractivity contribution in [3.8, 4) is 5.75 Å². The molecule has 0 atom stereocenters. The molecule has 0 unspecified atom stereocenters. The number of piperidine rings is 1. The van der Waals surface area contributed by atoms with Crippen molar-refractivity contribution in [1.29, 1.82) is 0 Å². The van der Waals surface area contributed by atoms with Gasteiger partial charge in [-0.1, -0.05) is 13.3 Å². The molecule has 1 N–H and O–H groups in total. The molecule has 5 heteroatoms. The second kappa shape index (κ2) is 7.95. The minimum Gasteiger partial charge on any atom is -0.497 e. The molecule has 0 saturated carbocycles. The minimum absolute atomic E-state index is 0.0738. The summed E-state index contributed by atoms with van der Waals surface area (Å²) in [5.74, 6) is -0.330. The first-order valence-corrected chi connectivity index (χ1v) is 9.52. The van der Waals surface area contributed by atoms with Gasteiger partial charge < -0.3 is 15.0 Å². The average molecular weight is 365 g/mol. The maximum absolute atomic E-state index is 14.5. The molecule has 2 rings (SSSR count). The molecule has 0 aliphatic carbocycles. The van der Waals surface area contributed by atoms with Gasteiger partial charge in [-0.25, -0.2) is 4.39 Å². The van der Waals surface area contributed by atoms with Crippen LogP contribution in [0.15, 0.2) is 18.2 Å². The van der Waals surface area contributed by atoms with Gasteiger partial charge in [0.15, 0.2) is 0 Å². The van der Waals surface area contributed by atoms with E-state index in [-0.39, 0.29) is 28.6 Å². The van der Waals surface area contributed by atoms with E-state index in [1.807, 2.05) is 4.90 Å². The Morgan fingerprint density at radius 3 is 2.38 bits per heavy atom. The second-order valence-electron chi connectivity index (χ2n) is 8.65. The Balaban J connectivity index is 2.33. The normalized spacial score (nSPS) is 19.2. The van der Waals surface area contributed by atoms with Gasteiger partial charge in [-0.15, -0.1) is 0 Å². The maximum Gasteiger partial charge on any atom is 0.257 e. The molecule has 1 heterocycles. The molecule has 0 aromatic heterocycles. The van der Waals surface area contributed by atoms with Gasteiger partial charge in [-0.2, -0.15) is 0 Å². The lowest BCUT2D eigenvalue weighted by Crippen LogP contribution is -2.63. The van der Waals surface area contributed by atoms with Crippen LogP contribution in [0.4, 0.5) is 4.39 Å². The number of halogens is 1. The molecule has 1 aliphatic rings. The van der Waals surface area contributed by atoms with E-state index in [4.69, 9.17) is 4.74 Å². The number of hydrogen-bond donors (Lipinski definition) is 1. The van der Waals surface area contributed by atoms with E-state index in [2.05, 4.69) is 39.9 Å². The van der Waals surface area contributed by atoms with E-state index in [0.29, 0.717) is 12.3 Å². The van der Waals surface area contributed by atoms with Gasteiger partial charge in [-0.05, 0) is 59.1 Å². The van der Waals surface area contributed by atoms with Gasteiger partial charge in [0.25, 0.3) is 5.91 Å². The zero-order chi connectivity index (χ0) is 19.5. The second-order valence-corrected chi connectivity index (χ2v) is 8.65. The fourth-order valence-electron chi connectivity index (χ4n) is 4.22. The number of rotatable bonds is 6. The standard InChI is InChI=1S/C21H33FN2O2/c1-7-8-11-24(15-13-20(2,3)23-21(4,5)14-15)19(25)17-10-9-16(26-6)12-18(17)22/h9-10,12,15,23H,7-8,11,13-14H2,1-6H3. The van der Waals surface area contributed by atoms with Gasteiger partial charge in [0.1, 0.15) is 11.6 Å². The third kappa shape index (κ3) is 4.97. The number of amides is 1. The smallest absolute Gasteiger partial charge is 0.257 e. The zero-order valence-corrected chi connectivity index (χ0v) is 17.0. The van der Waals surface area contributed by atoms with Crippen LogP contribution >= 0.6 is 0 Å². The topological polar surface area (TPSA) is 41.6 Å². The molecule has 1 aromatic rings. The third-order valence-electron chi connectivity index (χ3n) is 5.03. The van der Waals surface area contributed by atoms with E-state index in [1.165, 1.54) is 19.2 Å². The molecule has 1 aliphatic heterocycles. The number of nitrogens with zero attached hydrogens (tertiary/aromatic N) is 1. The molecule has 0 bridgehead atoms. The first-order valence-electron chi connectivity index (χ1n) is 9.52. The summed E-state index contributed by atoms with van der Waals surface area (Å²) in [5, 5.41) is 3.65. The molecule has 1 amide bonds. The van der Waals surface area contributed by atoms with Crippen molar-refractivity contribution in [3.05, 3.63) is 29.6 Å². The van der Waals surface area contributed by atoms with Crippen molar-refractivity contribution in [2.45, 2.75) is 77.4 Å². The molecule has 4 nitrogen and oxygen atoms in total. The van der Waals surface area contributed by atoms with Crippen molar-refractivity contribution >= 4 is 5.91 Å². The van der Waals surface area contributed by atoms with E-state index in [0.717, 1.165) is 25.7 Å². The van der Waals surface area contributed by atoms with Crippen molar-refractivity contribution in [2.75, 3.05) is 13.7 Å². The molecule has 1 fully saturated rings. The van der Waals surface area contributed by atoms with Crippen molar-refractivity contribution in [1.82, 2.24) is 10.2 Å². The highest BCUT2D eigenvalue weighted by atomic mass is 19.1. The molecule has 1 aromatic carbocycles. The van der Waals surface area contributed by atoms with E-state index < -0.39 is 5.82 Å². The average Bonchev–Trinajstić information content (AvgIpc) is 2.51. The lowest BCUT2D eigenvalue weighted by Gasteiger charge is -2.49. The fourth-order valence-corrected chi connectivity index (χ4v) is 4.22. The van der Waals surface area contributed by atoms with Gasteiger partial charge in [0.2, 0.25) is 0 Å². The number of carbonyl (C=O) groups is 1. The summed E-state index contributed by atoms with van der Waals surface area (Å²) in [6.07, 6.45) is 3.61. The van der Waals surface area contributed by atoms with Crippen LogP contribution in [0, 0.1) is 5.82 Å². The monoisotopic (exact) mass is 364 g/mol. The lowest BCUT2D eigenvalue weighted by atomic mass is 9.78. The quantitative estimate of drug-likeness (QED) is 0.814. The Kier molecular flexibility index (Phi) is 6.33. The Labute approximate surface area is 157 Å². The highest BCUT2D eigenvalue weighted by Gasteiger charge is 2.41. The van der Waals surface area contributed by atoms with Gasteiger partial charge in [0, 0.05) is 29.7 Å². The summed E-state index contributed by atoms with van der Waals surface area (Å²) in [5.41, 5.74) is -0.0263. The number of unbranched alkanes of at least 4 members (excludes halogenated alkanes) is 1. The SMILES string of the molecule is CCCCN(C(=O)c1ccc(OC)cc1F)C1CC(C)(C)NC(C)(C)C1. The van der Waals surface area contributed by atoms with E-state index >= 15 is 0 Å². The molecule has 0 radical (unpaired) electrons. The number of ether oxygens (including phenoxy) is 1. The van der Waals surface area contributed by atoms with E-state index in [9.17, 15) is 9.18 Å². The summed E-state index contributed by atoms with van der Waals surface area (Å²) in [6.45, 7) is 11.4. The Bertz CT molecular complexity index is 627. The highest BCUT2D eigenvalue weighted by molar-refractivity contribution is 5.95. The summed E-state index contributed by atoms with van der Waals surface area (Å²) in [4.78, 5) is 15.1. The van der Waals surface area contributed by atoms with E-state index in [1.54, 1.807) is 6.07 Å². The van der Waals surface area contributed by atoms with Crippen LogP contribution in [0.1, 0.15) is 70.7 Å². The largest absolute Gasteiger partial charge is 0.497 e. The molecular weight excluding hydrogens is 331 g/mol. The Morgan fingerprint density at radius 1 is 1.27 bits per heavy atom.